The van der Waals surface area contributed by atoms with Gasteiger partial charge in [-0.1, -0.05) is 0 Å². The Morgan fingerprint density at radius 2 is 2.03 bits per heavy atom. The van der Waals surface area contributed by atoms with E-state index in [-0.39, 0.29) is 11.5 Å². The van der Waals surface area contributed by atoms with Gasteiger partial charge in [0.1, 0.15) is 0 Å². The number of hydrogen-bond acceptors (Lipinski definition) is 7. The Bertz CT molecular complexity index is 1230. The SMILES string of the molecule is C[C@H]1CN(c2cc(SNC3(C)CC3)cc3c(-c4nnc(C(F)(F)F)[se]4)c(C4CC4)nn23)CCN1. The van der Waals surface area contributed by atoms with E-state index in [1.807, 2.05) is 4.52 Å². The fourth-order valence-corrected chi connectivity index (χ4v) is 6.84. The number of alkyl halides is 3. The molecule has 0 bridgehead atoms. The zero-order chi connectivity index (χ0) is 23.7. The molecule has 12 heteroatoms. The summed E-state index contributed by atoms with van der Waals surface area (Å²) in [4.78, 5) is 3.36. The summed E-state index contributed by atoms with van der Waals surface area (Å²) in [5.74, 6) is 1.25. The van der Waals surface area contributed by atoms with Crippen LogP contribution in [-0.4, -0.2) is 65.5 Å². The molecule has 0 aromatic carbocycles. The molecule has 2 N–H and O–H groups in total. The molecular weight excluding hydrogens is 530 g/mol. The fraction of sp³-hybridized carbons (Fsp3) is 0.591. The van der Waals surface area contributed by atoms with Gasteiger partial charge in [0.15, 0.2) is 0 Å². The van der Waals surface area contributed by atoms with Gasteiger partial charge in [0.25, 0.3) is 0 Å². The van der Waals surface area contributed by atoms with Crippen molar-refractivity contribution in [2.24, 2.45) is 0 Å². The molecular formula is C22H26F3N7SSe. The summed E-state index contributed by atoms with van der Waals surface area (Å²) in [6.45, 7) is 6.93. The predicted octanol–water partition coefficient (Wildman–Crippen LogP) is 3.69. The van der Waals surface area contributed by atoms with Crippen molar-refractivity contribution < 1.29 is 13.2 Å². The molecule has 3 aromatic rings. The zero-order valence-corrected chi connectivity index (χ0v) is 21.5. The maximum absolute atomic E-state index is 13.4. The summed E-state index contributed by atoms with van der Waals surface area (Å²) in [5, 5.41) is 16.0. The molecule has 0 spiro atoms. The third-order valence-corrected chi connectivity index (χ3v) is 9.80. The van der Waals surface area contributed by atoms with E-state index < -0.39 is 25.2 Å². The van der Waals surface area contributed by atoms with E-state index >= 15 is 0 Å². The molecule has 1 atom stereocenters. The van der Waals surface area contributed by atoms with E-state index in [2.05, 4.69) is 51.1 Å². The van der Waals surface area contributed by atoms with E-state index in [1.165, 1.54) is 0 Å². The molecule has 0 unspecified atom stereocenters. The van der Waals surface area contributed by atoms with Crippen molar-refractivity contribution in [3.8, 4) is 10.1 Å². The summed E-state index contributed by atoms with van der Waals surface area (Å²) < 4.78 is 45.2. The van der Waals surface area contributed by atoms with Gasteiger partial charge >= 0.3 is 206 Å². The topological polar surface area (TPSA) is 70.4 Å². The Hall–Kier alpha value is -1.59. The van der Waals surface area contributed by atoms with Crippen molar-refractivity contribution >= 4 is 37.8 Å². The van der Waals surface area contributed by atoms with Crippen LogP contribution in [0, 0.1) is 0 Å². The van der Waals surface area contributed by atoms with Crippen molar-refractivity contribution in [1.29, 1.82) is 0 Å². The Kier molecular flexibility index (Phi) is 5.53. The summed E-state index contributed by atoms with van der Waals surface area (Å²) in [6, 6.07) is 4.55. The van der Waals surface area contributed by atoms with Crippen LogP contribution in [0.25, 0.3) is 15.6 Å². The first kappa shape index (κ1) is 22.8. The summed E-state index contributed by atoms with van der Waals surface area (Å²) in [7, 11) is 0. The van der Waals surface area contributed by atoms with Gasteiger partial charge < -0.3 is 0 Å². The van der Waals surface area contributed by atoms with Gasteiger partial charge in [-0.05, 0) is 0 Å². The number of piperazine rings is 1. The van der Waals surface area contributed by atoms with Crippen molar-refractivity contribution in [3.05, 3.63) is 22.4 Å². The molecule has 0 radical (unpaired) electrons. The number of rotatable bonds is 6. The number of nitrogens with zero attached hydrogens (tertiary/aromatic N) is 5. The summed E-state index contributed by atoms with van der Waals surface area (Å²) >= 11 is 0.608. The van der Waals surface area contributed by atoms with Gasteiger partial charge in [-0.15, -0.1) is 0 Å². The molecule has 3 fully saturated rings. The van der Waals surface area contributed by atoms with Crippen molar-refractivity contribution in [1.82, 2.24) is 29.9 Å². The van der Waals surface area contributed by atoms with Gasteiger partial charge in [0, 0.05) is 0 Å². The first-order valence-electron chi connectivity index (χ1n) is 11.6. The van der Waals surface area contributed by atoms with E-state index in [0.717, 1.165) is 72.8 Å². The Morgan fingerprint density at radius 3 is 2.68 bits per heavy atom. The molecule has 6 rings (SSSR count). The average molecular weight is 557 g/mol. The standard InChI is InChI=1S/C22H26F3N7SSe/c1-12-11-31(8-7-26-12)16-10-14(33-30-21(2)5-6-21)9-15-17(18(13-3-4-13)29-32(15)16)19-27-28-20(34-19)22(23,24)25/h9-10,12-13,26,30H,3-8,11H2,1-2H3/t12-/m0/s1. The number of nitrogens with one attached hydrogen (secondary N) is 2. The van der Waals surface area contributed by atoms with Crippen molar-refractivity contribution in [2.75, 3.05) is 24.5 Å². The summed E-state index contributed by atoms with van der Waals surface area (Å²) in [5.41, 5.74) is 2.61. The Balaban J connectivity index is 1.50. The van der Waals surface area contributed by atoms with Crippen LogP contribution in [0.5, 0.6) is 0 Å². The first-order valence-corrected chi connectivity index (χ1v) is 14.1. The normalized spacial score (nSPS) is 22.5. The number of aromatic nitrogens is 4. The van der Waals surface area contributed by atoms with Crippen LogP contribution in [-0.2, 0) is 6.18 Å². The molecule has 2 aliphatic carbocycles. The molecule has 1 saturated heterocycles. The van der Waals surface area contributed by atoms with Gasteiger partial charge in [0.05, 0.1) is 0 Å². The van der Waals surface area contributed by atoms with Crippen LogP contribution in [0.4, 0.5) is 19.0 Å². The summed E-state index contributed by atoms with van der Waals surface area (Å²) in [6.07, 6.45) is -0.145. The number of halogens is 3. The Morgan fingerprint density at radius 1 is 1.24 bits per heavy atom. The molecule has 4 heterocycles. The molecule has 0 amide bonds. The minimum atomic E-state index is -4.44. The third kappa shape index (κ3) is 4.39. The quantitative estimate of drug-likeness (QED) is 0.355. The molecule has 182 valence electrons. The van der Waals surface area contributed by atoms with E-state index in [0.29, 0.717) is 10.6 Å². The number of anilines is 1. The van der Waals surface area contributed by atoms with Crippen molar-refractivity contribution in [2.45, 2.75) is 68.1 Å². The van der Waals surface area contributed by atoms with Gasteiger partial charge in [-0.2, -0.15) is 0 Å². The maximum atomic E-state index is 13.4. The van der Waals surface area contributed by atoms with Crippen LogP contribution in [0.2, 0.25) is 0 Å². The van der Waals surface area contributed by atoms with Crippen LogP contribution in [0.15, 0.2) is 17.0 Å². The fourth-order valence-electron chi connectivity index (χ4n) is 4.32. The van der Waals surface area contributed by atoms with E-state index in [9.17, 15) is 13.2 Å². The second kappa shape index (κ2) is 8.23. The van der Waals surface area contributed by atoms with Crippen LogP contribution >= 0.6 is 11.9 Å². The molecule has 1 aliphatic heterocycles. The van der Waals surface area contributed by atoms with Crippen LogP contribution in [0.1, 0.15) is 55.7 Å². The zero-order valence-electron chi connectivity index (χ0n) is 18.9. The molecule has 34 heavy (non-hydrogen) atoms. The monoisotopic (exact) mass is 557 g/mol. The van der Waals surface area contributed by atoms with Crippen molar-refractivity contribution in [3.63, 3.8) is 0 Å². The molecule has 2 saturated carbocycles. The predicted molar refractivity (Wildman–Crippen MR) is 126 cm³/mol. The van der Waals surface area contributed by atoms with E-state index in [4.69, 9.17) is 5.10 Å². The third-order valence-electron chi connectivity index (χ3n) is 6.67. The van der Waals surface area contributed by atoms with Crippen LogP contribution in [0.3, 0.4) is 0 Å². The number of fused-ring (bicyclic) bond motifs is 1. The first-order chi connectivity index (χ1) is 16.2. The Labute approximate surface area is 205 Å². The van der Waals surface area contributed by atoms with E-state index in [1.54, 1.807) is 11.9 Å². The van der Waals surface area contributed by atoms with Crippen LogP contribution < -0.4 is 14.9 Å². The molecule has 3 aliphatic rings. The average Bonchev–Trinajstić information content (AvgIpc) is 3.67. The second-order valence-corrected chi connectivity index (χ2v) is 12.8. The number of hydrogen-bond donors (Lipinski definition) is 2. The molecule has 3 aromatic heterocycles. The van der Waals surface area contributed by atoms with Gasteiger partial charge in [0.2, 0.25) is 0 Å². The second-order valence-electron chi connectivity index (χ2n) is 9.86. The molecule has 7 nitrogen and oxygen atoms in total. The number of pyridine rings is 1. The minimum absolute atomic E-state index is 0.150. The van der Waals surface area contributed by atoms with Gasteiger partial charge in [-0.25, -0.2) is 0 Å². The van der Waals surface area contributed by atoms with Gasteiger partial charge in [-0.3, -0.25) is 0 Å².